The maximum absolute atomic E-state index is 3.39. The lowest BCUT2D eigenvalue weighted by Gasteiger charge is -1.92. The van der Waals surface area contributed by atoms with Crippen molar-refractivity contribution in [3.8, 4) is 0 Å². The first kappa shape index (κ1) is 10.2. The summed E-state index contributed by atoms with van der Waals surface area (Å²) in [6.07, 6.45) is 8.40. The number of nitrogens with one attached hydrogen (secondary N) is 1. The van der Waals surface area contributed by atoms with E-state index in [2.05, 4.69) is 58.1 Å². The Bertz CT molecular complexity index is 538. The van der Waals surface area contributed by atoms with E-state index in [1.165, 1.54) is 11.0 Å². The molecule has 0 saturated carbocycles. The zero-order valence-corrected chi connectivity index (χ0v) is 9.74. The van der Waals surface area contributed by atoms with Gasteiger partial charge in [0.2, 0.25) is 0 Å². The quantitative estimate of drug-likeness (QED) is 0.591. The summed E-state index contributed by atoms with van der Waals surface area (Å²) in [6.45, 7) is 0.937. The zero-order chi connectivity index (χ0) is 9.38. The Kier molecular flexibility index (Phi) is 2.73. The molecule has 0 spiro atoms. The van der Waals surface area contributed by atoms with E-state index >= 15 is 0 Å². The normalized spacial score (nSPS) is 13.3. The Labute approximate surface area is 98.7 Å². The third-order valence-corrected chi connectivity index (χ3v) is 2.54. The van der Waals surface area contributed by atoms with Crippen molar-refractivity contribution in [2.45, 2.75) is 6.54 Å². The van der Waals surface area contributed by atoms with Crippen LogP contribution in [0.3, 0.4) is 0 Å². The molecule has 2 nitrogen and oxygen atoms in total. The monoisotopic (exact) mass is 262 g/mol. The molecule has 76 valence electrons. The molecular weight excluding hydrogens is 252 g/mol. The summed E-state index contributed by atoms with van der Waals surface area (Å²) in [5.41, 5.74) is 2.46. The summed E-state index contributed by atoms with van der Waals surface area (Å²) in [4.78, 5) is 3.39. The minimum absolute atomic E-state index is 0. The van der Waals surface area contributed by atoms with Crippen molar-refractivity contribution in [1.82, 2.24) is 4.98 Å². The van der Waals surface area contributed by atoms with Gasteiger partial charge in [0, 0.05) is 6.08 Å². The predicted octanol–water partition coefficient (Wildman–Crippen LogP) is -0.958. The Hall–Kier alpha value is -1.35. The summed E-state index contributed by atoms with van der Waals surface area (Å²) in [5.74, 6) is 1.16. The van der Waals surface area contributed by atoms with E-state index < -0.39 is 0 Å². The van der Waals surface area contributed by atoms with Crippen molar-refractivity contribution in [1.29, 1.82) is 0 Å². The molecule has 1 aromatic heterocycles. The topological polar surface area (TPSA) is 19.7 Å². The molecule has 1 aliphatic rings. The summed E-state index contributed by atoms with van der Waals surface area (Å²) < 4.78 is 2.27. The second kappa shape index (κ2) is 4.03. The summed E-state index contributed by atoms with van der Waals surface area (Å²) in [6, 6.07) is 8.37. The SMILES string of the molecule is C1=CC[n+]2c([nH]c3ccccc32)C=C1.[Br-]. The molecule has 2 heterocycles. The number of hydrogen-bond acceptors (Lipinski definition) is 0. The Morgan fingerprint density at radius 2 is 2.00 bits per heavy atom. The summed E-state index contributed by atoms with van der Waals surface area (Å²) in [5, 5.41) is 0. The standard InChI is InChI=1S/C12H10N2.BrH/c1-2-8-12-13-10-6-3-4-7-11(10)14(12)9-5-1;/h1-8H,9H2;1H. The highest BCUT2D eigenvalue weighted by Crippen LogP contribution is 2.10. The van der Waals surface area contributed by atoms with Crippen molar-refractivity contribution >= 4 is 17.1 Å². The van der Waals surface area contributed by atoms with Gasteiger partial charge in [0.05, 0.1) is 0 Å². The Morgan fingerprint density at radius 1 is 1.13 bits per heavy atom. The highest BCUT2D eigenvalue weighted by atomic mass is 79.9. The number of rotatable bonds is 0. The maximum atomic E-state index is 3.39. The van der Waals surface area contributed by atoms with Crippen LogP contribution in [0.25, 0.3) is 17.1 Å². The smallest absolute Gasteiger partial charge is 0.280 e. The van der Waals surface area contributed by atoms with Gasteiger partial charge in [0.1, 0.15) is 6.54 Å². The number of H-pyrrole nitrogens is 1. The van der Waals surface area contributed by atoms with Gasteiger partial charge in [-0.25, -0.2) is 9.55 Å². The third kappa shape index (κ3) is 1.63. The highest BCUT2D eigenvalue weighted by Gasteiger charge is 2.14. The Balaban J connectivity index is 0.000000853. The molecule has 2 aromatic rings. The van der Waals surface area contributed by atoms with E-state index in [0.29, 0.717) is 0 Å². The van der Waals surface area contributed by atoms with Crippen LogP contribution in [-0.2, 0) is 6.54 Å². The van der Waals surface area contributed by atoms with Gasteiger partial charge in [-0.1, -0.05) is 24.3 Å². The molecule has 0 saturated heterocycles. The van der Waals surface area contributed by atoms with Gasteiger partial charge in [-0.2, -0.15) is 0 Å². The number of imidazole rings is 1. The van der Waals surface area contributed by atoms with E-state index in [0.717, 1.165) is 12.4 Å². The molecule has 0 aliphatic carbocycles. The van der Waals surface area contributed by atoms with Gasteiger partial charge in [-0.3, -0.25) is 0 Å². The lowest BCUT2D eigenvalue weighted by Crippen LogP contribution is -3.00. The van der Waals surface area contributed by atoms with Crippen molar-refractivity contribution in [3.05, 3.63) is 48.3 Å². The second-order valence-electron chi connectivity index (χ2n) is 3.43. The van der Waals surface area contributed by atoms with Gasteiger partial charge in [0.15, 0.2) is 11.0 Å². The first-order valence-corrected chi connectivity index (χ1v) is 4.79. The molecule has 0 unspecified atom stereocenters. The molecule has 0 radical (unpaired) electrons. The molecule has 0 atom stereocenters. The fourth-order valence-corrected chi connectivity index (χ4v) is 1.87. The molecule has 3 rings (SSSR count). The minimum Gasteiger partial charge on any atom is -1.00 e. The second-order valence-corrected chi connectivity index (χ2v) is 3.43. The number of aromatic nitrogens is 2. The third-order valence-electron chi connectivity index (χ3n) is 2.54. The first-order valence-electron chi connectivity index (χ1n) is 4.79. The van der Waals surface area contributed by atoms with Gasteiger partial charge >= 0.3 is 0 Å². The lowest BCUT2D eigenvalue weighted by atomic mass is 10.3. The average molecular weight is 263 g/mol. The lowest BCUT2D eigenvalue weighted by molar-refractivity contribution is -0.662. The van der Waals surface area contributed by atoms with Crippen LogP contribution in [0.5, 0.6) is 0 Å². The molecule has 0 fully saturated rings. The van der Waals surface area contributed by atoms with Gasteiger partial charge < -0.3 is 17.0 Å². The minimum atomic E-state index is 0. The largest absolute Gasteiger partial charge is 1.00 e. The number of nitrogens with zero attached hydrogens (tertiary/aromatic N) is 1. The number of halogens is 1. The zero-order valence-electron chi connectivity index (χ0n) is 8.15. The van der Waals surface area contributed by atoms with Gasteiger partial charge in [-0.15, -0.1) is 0 Å². The van der Waals surface area contributed by atoms with Gasteiger partial charge in [-0.05, 0) is 18.2 Å². The number of para-hydroxylation sites is 2. The molecule has 0 bridgehead atoms. The summed E-state index contributed by atoms with van der Waals surface area (Å²) in [7, 11) is 0. The number of aromatic amines is 1. The van der Waals surface area contributed by atoms with Crippen molar-refractivity contribution < 1.29 is 21.5 Å². The molecule has 1 aliphatic heterocycles. The van der Waals surface area contributed by atoms with Crippen LogP contribution in [0, 0.1) is 0 Å². The average Bonchev–Trinajstić information content (AvgIpc) is 2.42. The molecule has 0 amide bonds. The van der Waals surface area contributed by atoms with Crippen LogP contribution >= 0.6 is 0 Å². The molecule has 3 heteroatoms. The molecule has 15 heavy (non-hydrogen) atoms. The molecule has 1 N–H and O–H groups in total. The van der Waals surface area contributed by atoms with Gasteiger partial charge in [0.25, 0.3) is 5.82 Å². The van der Waals surface area contributed by atoms with E-state index in [1.807, 2.05) is 0 Å². The van der Waals surface area contributed by atoms with Crippen LogP contribution in [0.2, 0.25) is 0 Å². The fourth-order valence-electron chi connectivity index (χ4n) is 1.87. The summed E-state index contributed by atoms with van der Waals surface area (Å²) >= 11 is 0. The van der Waals surface area contributed by atoms with Crippen LogP contribution < -0.4 is 21.5 Å². The van der Waals surface area contributed by atoms with Crippen LogP contribution in [0.1, 0.15) is 5.82 Å². The van der Waals surface area contributed by atoms with E-state index in [4.69, 9.17) is 0 Å². The van der Waals surface area contributed by atoms with E-state index in [9.17, 15) is 0 Å². The molecule has 1 aromatic carbocycles. The number of allylic oxidation sites excluding steroid dienone is 3. The van der Waals surface area contributed by atoms with Crippen molar-refractivity contribution in [2.24, 2.45) is 0 Å². The number of fused-ring (bicyclic) bond motifs is 3. The maximum Gasteiger partial charge on any atom is 0.280 e. The van der Waals surface area contributed by atoms with Crippen LogP contribution in [0.15, 0.2) is 42.5 Å². The Morgan fingerprint density at radius 3 is 2.93 bits per heavy atom. The van der Waals surface area contributed by atoms with Crippen molar-refractivity contribution in [3.63, 3.8) is 0 Å². The first-order chi connectivity index (χ1) is 6.95. The highest BCUT2D eigenvalue weighted by molar-refractivity contribution is 5.72. The number of hydrogen-bond donors (Lipinski definition) is 1. The van der Waals surface area contributed by atoms with E-state index in [-0.39, 0.29) is 17.0 Å². The predicted molar refractivity (Wildman–Crippen MR) is 56.7 cm³/mol. The molecular formula is C12H11BrN2. The van der Waals surface area contributed by atoms with Crippen LogP contribution in [0.4, 0.5) is 0 Å². The fraction of sp³-hybridized carbons (Fsp3) is 0.0833. The van der Waals surface area contributed by atoms with Crippen molar-refractivity contribution in [2.75, 3.05) is 0 Å². The number of benzene rings is 1. The van der Waals surface area contributed by atoms with E-state index in [1.54, 1.807) is 0 Å². The van der Waals surface area contributed by atoms with Crippen LogP contribution in [-0.4, -0.2) is 4.98 Å².